The molecule has 17 heavy (non-hydrogen) atoms. The highest BCUT2D eigenvalue weighted by Gasteiger charge is 2.09. The molecule has 1 atom stereocenters. The Balaban J connectivity index is 1.97. The van der Waals surface area contributed by atoms with Gasteiger partial charge in [0.1, 0.15) is 0 Å². The molecule has 0 aliphatic carbocycles. The first kappa shape index (κ1) is 13.0. The maximum Gasteiger partial charge on any atom is 0.0541 e. The van der Waals surface area contributed by atoms with E-state index in [1.807, 2.05) is 24.3 Å². The van der Waals surface area contributed by atoms with Crippen molar-refractivity contribution in [2.45, 2.75) is 17.9 Å². The molecule has 0 bridgehead atoms. The fourth-order valence-corrected chi connectivity index (χ4v) is 3.50. The van der Waals surface area contributed by atoms with Crippen LogP contribution in [-0.4, -0.2) is 5.75 Å². The number of thioether (sulfide) groups is 1. The van der Waals surface area contributed by atoms with E-state index in [2.05, 4.69) is 18.4 Å². The van der Waals surface area contributed by atoms with Gasteiger partial charge in [0.2, 0.25) is 0 Å². The van der Waals surface area contributed by atoms with Gasteiger partial charge in [0.15, 0.2) is 0 Å². The van der Waals surface area contributed by atoms with Crippen LogP contribution in [0.1, 0.15) is 16.5 Å². The summed E-state index contributed by atoms with van der Waals surface area (Å²) in [6.07, 6.45) is 0. The monoisotopic (exact) mass is 283 g/mol. The molecule has 1 unspecified atom stereocenters. The van der Waals surface area contributed by atoms with Crippen LogP contribution < -0.4 is 5.73 Å². The van der Waals surface area contributed by atoms with Crippen molar-refractivity contribution in [3.8, 4) is 0 Å². The van der Waals surface area contributed by atoms with Crippen LogP contribution in [0.15, 0.2) is 40.6 Å². The van der Waals surface area contributed by atoms with Crippen LogP contribution in [0.4, 0.5) is 0 Å². The highest BCUT2D eigenvalue weighted by Crippen LogP contribution is 2.30. The second kappa shape index (κ2) is 5.91. The average molecular weight is 284 g/mol. The summed E-state index contributed by atoms with van der Waals surface area (Å²) in [6.45, 7) is 2.10. The second-order valence-corrected chi connectivity index (χ2v) is 6.42. The van der Waals surface area contributed by atoms with E-state index in [9.17, 15) is 0 Å². The van der Waals surface area contributed by atoms with E-state index >= 15 is 0 Å². The van der Waals surface area contributed by atoms with E-state index < -0.39 is 0 Å². The topological polar surface area (TPSA) is 26.0 Å². The summed E-state index contributed by atoms with van der Waals surface area (Å²) in [7, 11) is 0. The van der Waals surface area contributed by atoms with E-state index in [4.69, 9.17) is 17.3 Å². The molecule has 2 N–H and O–H groups in total. The number of nitrogens with two attached hydrogens (primary N) is 1. The summed E-state index contributed by atoms with van der Waals surface area (Å²) in [5, 5.41) is 2.93. The number of aryl methyl sites for hydroxylation is 1. The van der Waals surface area contributed by atoms with E-state index in [0.29, 0.717) is 0 Å². The van der Waals surface area contributed by atoms with Crippen LogP contribution in [0.5, 0.6) is 0 Å². The number of rotatable bonds is 4. The normalized spacial score (nSPS) is 12.6. The largest absolute Gasteiger partial charge is 0.323 e. The Bertz CT molecular complexity index is 496. The zero-order chi connectivity index (χ0) is 12.3. The van der Waals surface area contributed by atoms with E-state index in [1.165, 1.54) is 10.4 Å². The molecule has 1 heterocycles. The lowest BCUT2D eigenvalue weighted by atomic mass is 10.2. The molecule has 0 aliphatic rings. The quantitative estimate of drug-likeness (QED) is 0.836. The molecule has 0 aliphatic heterocycles. The zero-order valence-corrected chi connectivity index (χ0v) is 11.9. The fourth-order valence-electron chi connectivity index (χ4n) is 1.50. The SMILES string of the molecule is Cc1cc(C(N)CSc2ccccc2Cl)cs1. The van der Waals surface area contributed by atoms with Gasteiger partial charge in [-0.05, 0) is 36.1 Å². The Kier molecular flexibility index (Phi) is 4.51. The Hall–Kier alpha value is -0.480. The van der Waals surface area contributed by atoms with Gasteiger partial charge in [0.25, 0.3) is 0 Å². The molecule has 0 fully saturated rings. The van der Waals surface area contributed by atoms with Crippen molar-refractivity contribution in [1.29, 1.82) is 0 Å². The highest BCUT2D eigenvalue weighted by molar-refractivity contribution is 7.99. The van der Waals surface area contributed by atoms with Gasteiger partial charge in [-0.1, -0.05) is 23.7 Å². The minimum atomic E-state index is 0.0706. The molecule has 0 radical (unpaired) electrons. The molecule has 1 aromatic carbocycles. The van der Waals surface area contributed by atoms with Gasteiger partial charge in [-0.3, -0.25) is 0 Å². The van der Waals surface area contributed by atoms with Crippen molar-refractivity contribution in [3.63, 3.8) is 0 Å². The molecule has 2 rings (SSSR count). The Morgan fingerprint density at radius 3 is 2.82 bits per heavy atom. The molecule has 2 aromatic rings. The van der Waals surface area contributed by atoms with Gasteiger partial charge in [-0.15, -0.1) is 23.1 Å². The number of halogens is 1. The van der Waals surface area contributed by atoms with Gasteiger partial charge < -0.3 is 5.73 Å². The molecular formula is C13H14ClNS2. The second-order valence-electron chi connectivity index (χ2n) is 3.84. The summed E-state index contributed by atoms with van der Waals surface area (Å²) in [5.41, 5.74) is 7.36. The molecule has 0 saturated carbocycles. The third-order valence-electron chi connectivity index (χ3n) is 2.43. The number of thiophene rings is 1. The molecule has 1 aromatic heterocycles. The van der Waals surface area contributed by atoms with E-state index in [1.54, 1.807) is 23.1 Å². The zero-order valence-electron chi connectivity index (χ0n) is 9.52. The van der Waals surface area contributed by atoms with Crippen molar-refractivity contribution < 1.29 is 0 Å². The Morgan fingerprint density at radius 2 is 2.18 bits per heavy atom. The maximum absolute atomic E-state index is 6.15. The lowest BCUT2D eigenvalue weighted by molar-refractivity contribution is 0.835. The first-order chi connectivity index (χ1) is 8.16. The predicted octanol–water partition coefficient (Wildman–Crippen LogP) is 4.50. The molecule has 0 amide bonds. The van der Waals surface area contributed by atoms with Gasteiger partial charge in [-0.2, -0.15) is 0 Å². The lowest BCUT2D eigenvalue weighted by Crippen LogP contribution is -2.11. The summed E-state index contributed by atoms with van der Waals surface area (Å²) < 4.78 is 0. The van der Waals surface area contributed by atoms with Gasteiger partial charge in [0, 0.05) is 21.6 Å². The molecule has 4 heteroatoms. The minimum Gasteiger partial charge on any atom is -0.323 e. The average Bonchev–Trinajstić information content (AvgIpc) is 2.74. The van der Waals surface area contributed by atoms with Crippen LogP contribution in [0.25, 0.3) is 0 Å². The van der Waals surface area contributed by atoms with Crippen LogP contribution in [0.2, 0.25) is 5.02 Å². The van der Waals surface area contributed by atoms with Crippen molar-refractivity contribution in [2.75, 3.05) is 5.75 Å². The summed E-state index contributed by atoms with van der Waals surface area (Å²) >= 11 is 9.55. The number of hydrogen-bond donors (Lipinski definition) is 1. The summed E-state index contributed by atoms with van der Waals surface area (Å²) in [6, 6.07) is 10.1. The predicted molar refractivity (Wildman–Crippen MR) is 78.2 cm³/mol. The lowest BCUT2D eigenvalue weighted by Gasteiger charge is -2.10. The van der Waals surface area contributed by atoms with Gasteiger partial charge >= 0.3 is 0 Å². The van der Waals surface area contributed by atoms with Crippen LogP contribution >= 0.6 is 34.7 Å². The third-order valence-corrected chi connectivity index (χ3v) is 4.95. The molecule has 1 nitrogen and oxygen atoms in total. The van der Waals surface area contributed by atoms with Gasteiger partial charge in [0.05, 0.1) is 5.02 Å². The summed E-state index contributed by atoms with van der Waals surface area (Å²) in [4.78, 5) is 2.40. The number of hydrogen-bond acceptors (Lipinski definition) is 3. The van der Waals surface area contributed by atoms with Crippen molar-refractivity contribution in [3.05, 3.63) is 51.2 Å². The Morgan fingerprint density at radius 1 is 1.41 bits per heavy atom. The standard InChI is InChI=1S/C13H14ClNS2/c1-9-6-10(7-16-9)12(15)8-17-13-5-3-2-4-11(13)14/h2-7,12H,8,15H2,1H3. The van der Waals surface area contributed by atoms with Gasteiger partial charge in [-0.25, -0.2) is 0 Å². The minimum absolute atomic E-state index is 0.0706. The van der Waals surface area contributed by atoms with E-state index in [0.717, 1.165) is 15.7 Å². The fraction of sp³-hybridized carbons (Fsp3) is 0.231. The Labute approximate surface area is 115 Å². The maximum atomic E-state index is 6.15. The first-order valence-electron chi connectivity index (χ1n) is 5.35. The van der Waals surface area contributed by atoms with Crippen LogP contribution in [0, 0.1) is 6.92 Å². The molecule has 0 saturated heterocycles. The third kappa shape index (κ3) is 3.49. The van der Waals surface area contributed by atoms with Crippen LogP contribution in [-0.2, 0) is 0 Å². The first-order valence-corrected chi connectivity index (χ1v) is 7.59. The van der Waals surface area contributed by atoms with Crippen molar-refractivity contribution >= 4 is 34.7 Å². The van der Waals surface area contributed by atoms with Crippen LogP contribution in [0.3, 0.4) is 0 Å². The number of benzene rings is 1. The summed E-state index contributed by atoms with van der Waals surface area (Å²) in [5.74, 6) is 0.847. The molecule has 90 valence electrons. The highest BCUT2D eigenvalue weighted by atomic mass is 35.5. The van der Waals surface area contributed by atoms with E-state index in [-0.39, 0.29) is 6.04 Å². The molecular weight excluding hydrogens is 270 g/mol. The van der Waals surface area contributed by atoms with Crippen molar-refractivity contribution in [1.82, 2.24) is 0 Å². The smallest absolute Gasteiger partial charge is 0.0541 e. The van der Waals surface area contributed by atoms with Crippen molar-refractivity contribution in [2.24, 2.45) is 5.73 Å². The molecule has 0 spiro atoms.